The third-order valence-corrected chi connectivity index (χ3v) is 11.4. The van der Waals surface area contributed by atoms with Crippen molar-refractivity contribution < 1.29 is 0 Å². The van der Waals surface area contributed by atoms with E-state index in [9.17, 15) is 0 Å². The van der Waals surface area contributed by atoms with Crippen LogP contribution in [-0.2, 0) is 0 Å². The highest BCUT2D eigenvalue weighted by Gasteiger charge is 2.24. The maximum Gasteiger partial charge on any atom is 0.0942 e. The Morgan fingerprint density at radius 3 is 1.55 bits per heavy atom. The minimum absolute atomic E-state index is 0.968. The number of hydrogen-bond donors (Lipinski definition) is 0. The molecule has 256 valence electrons. The van der Waals surface area contributed by atoms with Crippen LogP contribution in [0.3, 0.4) is 0 Å². The first-order chi connectivity index (χ1) is 27.3. The summed E-state index contributed by atoms with van der Waals surface area (Å²) in [6.07, 6.45) is 1.90. The molecule has 0 spiro atoms. The number of nitrogens with zero attached hydrogens (tertiary/aromatic N) is 4. The lowest BCUT2D eigenvalue weighted by Crippen LogP contribution is -2.04. The molecule has 0 saturated carbocycles. The smallest absolute Gasteiger partial charge is 0.0942 e. The van der Waals surface area contributed by atoms with Crippen LogP contribution in [0, 0.1) is 0 Å². The Labute approximate surface area is 316 Å². The van der Waals surface area contributed by atoms with E-state index < -0.39 is 0 Å². The number of rotatable bonds is 4. The third-order valence-electron chi connectivity index (χ3n) is 11.4. The average Bonchev–Trinajstić information content (AvgIpc) is 3.89. The monoisotopic (exact) mass is 700 g/mol. The number of aromatic nitrogens is 4. The Bertz CT molecular complexity index is 3380. The van der Waals surface area contributed by atoms with Crippen LogP contribution in [-0.4, -0.2) is 18.7 Å². The highest BCUT2D eigenvalue weighted by atomic mass is 15.1. The highest BCUT2D eigenvalue weighted by molar-refractivity contribution is 6.17. The summed E-state index contributed by atoms with van der Waals surface area (Å²) in [7, 11) is 0. The Kier molecular flexibility index (Phi) is 6.31. The van der Waals surface area contributed by atoms with Gasteiger partial charge in [0.25, 0.3) is 0 Å². The van der Waals surface area contributed by atoms with E-state index >= 15 is 0 Å². The van der Waals surface area contributed by atoms with Gasteiger partial charge in [-0.25, -0.2) is 0 Å². The van der Waals surface area contributed by atoms with Gasteiger partial charge >= 0.3 is 0 Å². The summed E-state index contributed by atoms with van der Waals surface area (Å²) >= 11 is 0. The second kappa shape index (κ2) is 11.5. The van der Waals surface area contributed by atoms with E-state index in [2.05, 4.69) is 196 Å². The van der Waals surface area contributed by atoms with Gasteiger partial charge in [-0.1, -0.05) is 127 Å². The van der Waals surface area contributed by atoms with Gasteiger partial charge in [0.2, 0.25) is 0 Å². The van der Waals surface area contributed by atoms with Gasteiger partial charge in [-0.2, -0.15) is 0 Å². The van der Waals surface area contributed by atoms with Crippen LogP contribution >= 0.6 is 0 Å². The molecule has 12 rings (SSSR count). The molecule has 4 heterocycles. The van der Waals surface area contributed by atoms with E-state index in [1.54, 1.807) is 0 Å². The number of fused-ring (bicyclic) bond motifs is 10. The number of pyridine rings is 1. The SMILES string of the molecule is c1ccc(-c2ccc3c(c2)c2cc(-n4c5ccccc5c5ccccc54)cc(-n4c5ccccc5c5ccccc54)c2n3-c2cccc3cccnc23)cc1. The van der Waals surface area contributed by atoms with Crippen molar-refractivity contribution in [1.82, 2.24) is 18.7 Å². The molecule has 0 saturated heterocycles. The first-order valence-corrected chi connectivity index (χ1v) is 18.8. The lowest BCUT2D eigenvalue weighted by Gasteiger charge is -2.18. The number of hydrogen-bond acceptors (Lipinski definition) is 1. The van der Waals surface area contributed by atoms with Gasteiger partial charge in [0, 0.05) is 49.6 Å². The van der Waals surface area contributed by atoms with Crippen molar-refractivity contribution in [3.63, 3.8) is 0 Å². The molecule has 4 aromatic heterocycles. The normalized spacial score (nSPS) is 12.0. The first-order valence-electron chi connectivity index (χ1n) is 18.8. The van der Waals surface area contributed by atoms with E-state index in [1.807, 2.05) is 12.3 Å². The molecule has 0 unspecified atom stereocenters. The standard InChI is InChI=1S/C51H32N4/c1-2-14-33(15-3-1)35-27-28-47-41(30-35)42-31-36(53-43-22-8-4-18-37(43)38-19-5-9-23-44(38)53)32-49(51(42)55(47)48-26-12-16-34-17-13-29-52-50(34)48)54-45-24-10-6-20-39(45)40-21-7-11-25-46(40)54/h1-32H. The quantitative estimate of drug-likeness (QED) is 0.180. The van der Waals surface area contributed by atoms with Crippen molar-refractivity contribution in [2.75, 3.05) is 0 Å². The maximum absolute atomic E-state index is 5.00. The molecule has 0 atom stereocenters. The Balaban J connectivity index is 1.33. The van der Waals surface area contributed by atoms with Gasteiger partial charge in [0.1, 0.15) is 0 Å². The Morgan fingerprint density at radius 2 is 0.891 bits per heavy atom. The largest absolute Gasteiger partial charge is 0.309 e. The zero-order valence-electron chi connectivity index (χ0n) is 29.8. The topological polar surface area (TPSA) is 27.7 Å². The van der Waals surface area contributed by atoms with Crippen LogP contribution in [0.4, 0.5) is 0 Å². The van der Waals surface area contributed by atoms with Crippen molar-refractivity contribution in [1.29, 1.82) is 0 Å². The third kappa shape index (κ3) is 4.31. The van der Waals surface area contributed by atoms with Crippen molar-refractivity contribution in [3.05, 3.63) is 194 Å². The second-order valence-corrected chi connectivity index (χ2v) is 14.4. The fraction of sp³-hybridized carbons (Fsp3) is 0. The fourth-order valence-electron chi connectivity index (χ4n) is 9.12. The molecule has 0 aliphatic heterocycles. The molecule has 8 aromatic carbocycles. The van der Waals surface area contributed by atoms with E-state index in [0.717, 1.165) is 39.0 Å². The second-order valence-electron chi connectivity index (χ2n) is 14.4. The van der Waals surface area contributed by atoms with Crippen LogP contribution in [0.25, 0.3) is 105 Å². The van der Waals surface area contributed by atoms with Gasteiger partial charge in [0.05, 0.1) is 50.0 Å². The molecule has 12 aromatic rings. The lowest BCUT2D eigenvalue weighted by atomic mass is 10.0. The molecular formula is C51H32N4. The first kappa shape index (κ1) is 30.1. The summed E-state index contributed by atoms with van der Waals surface area (Å²) in [5.41, 5.74) is 13.6. The molecular weight excluding hydrogens is 669 g/mol. The van der Waals surface area contributed by atoms with Gasteiger partial charge in [-0.3, -0.25) is 4.98 Å². The molecule has 4 heteroatoms. The molecule has 0 aliphatic rings. The molecule has 0 amide bonds. The Hall–Kier alpha value is -7.43. The van der Waals surface area contributed by atoms with E-state index in [0.29, 0.717) is 0 Å². The van der Waals surface area contributed by atoms with Gasteiger partial charge in [-0.05, 0) is 71.8 Å². The molecule has 55 heavy (non-hydrogen) atoms. The van der Waals surface area contributed by atoms with Crippen molar-refractivity contribution in [2.24, 2.45) is 0 Å². The van der Waals surface area contributed by atoms with Gasteiger partial charge < -0.3 is 13.7 Å². The summed E-state index contributed by atoms with van der Waals surface area (Å²) in [4.78, 5) is 5.00. The fourth-order valence-corrected chi connectivity index (χ4v) is 9.12. The predicted molar refractivity (Wildman–Crippen MR) is 230 cm³/mol. The summed E-state index contributed by atoms with van der Waals surface area (Å²) in [6, 6.07) is 68.4. The zero-order chi connectivity index (χ0) is 36.0. The molecule has 0 N–H and O–H groups in total. The van der Waals surface area contributed by atoms with Crippen molar-refractivity contribution >= 4 is 76.3 Å². The van der Waals surface area contributed by atoms with Crippen LogP contribution in [0.2, 0.25) is 0 Å². The van der Waals surface area contributed by atoms with E-state index in [1.165, 1.54) is 65.5 Å². The number of benzene rings is 8. The molecule has 4 nitrogen and oxygen atoms in total. The molecule has 0 radical (unpaired) electrons. The van der Waals surface area contributed by atoms with Gasteiger partial charge in [0.15, 0.2) is 0 Å². The summed E-state index contributed by atoms with van der Waals surface area (Å²) < 4.78 is 7.39. The molecule has 0 aliphatic carbocycles. The van der Waals surface area contributed by atoms with Crippen molar-refractivity contribution in [2.45, 2.75) is 0 Å². The maximum atomic E-state index is 5.00. The minimum atomic E-state index is 0.968. The van der Waals surface area contributed by atoms with Crippen LogP contribution in [0.5, 0.6) is 0 Å². The van der Waals surface area contributed by atoms with E-state index in [-0.39, 0.29) is 0 Å². The minimum Gasteiger partial charge on any atom is -0.309 e. The van der Waals surface area contributed by atoms with Crippen LogP contribution in [0.15, 0.2) is 194 Å². The van der Waals surface area contributed by atoms with E-state index in [4.69, 9.17) is 4.98 Å². The summed E-state index contributed by atoms with van der Waals surface area (Å²) in [5.74, 6) is 0. The van der Waals surface area contributed by atoms with Crippen LogP contribution < -0.4 is 0 Å². The summed E-state index contributed by atoms with van der Waals surface area (Å²) in [6.45, 7) is 0. The Morgan fingerprint density at radius 1 is 0.327 bits per heavy atom. The molecule has 0 fully saturated rings. The lowest BCUT2D eigenvalue weighted by molar-refractivity contribution is 1.11. The zero-order valence-corrected chi connectivity index (χ0v) is 29.8. The highest BCUT2D eigenvalue weighted by Crippen LogP contribution is 2.44. The average molecular weight is 701 g/mol. The number of para-hydroxylation sites is 5. The van der Waals surface area contributed by atoms with Crippen LogP contribution in [0.1, 0.15) is 0 Å². The summed E-state index contributed by atoms with van der Waals surface area (Å²) in [5, 5.41) is 8.42. The molecule has 0 bridgehead atoms. The van der Waals surface area contributed by atoms with Crippen molar-refractivity contribution in [3.8, 4) is 28.2 Å². The van der Waals surface area contributed by atoms with Gasteiger partial charge in [-0.15, -0.1) is 0 Å². The predicted octanol–water partition coefficient (Wildman–Crippen LogP) is 13.2.